The molecule has 0 aliphatic carbocycles. The quantitative estimate of drug-likeness (QED) is 0.529. The van der Waals surface area contributed by atoms with E-state index in [2.05, 4.69) is 10.6 Å². The number of carboxylic acids is 1. The first-order valence-corrected chi connectivity index (χ1v) is 6.17. The lowest BCUT2D eigenvalue weighted by atomic mass is 10.1. The third-order valence-corrected chi connectivity index (χ3v) is 3.07. The van der Waals surface area contributed by atoms with Crippen LogP contribution < -0.4 is 16.4 Å². The molecule has 1 aromatic rings. The second kappa shape index (κ2) is 5.81. The Balaban J connectivity index is 1.80. The third-order valence-electron chi connectivity index (χ3n) is 3.07. The van der Waals surface area contributed by atoms with E-state index in [4.69, 9.17) is 10.8 Å². The van der Waals surface area contributed by atoms with Crippen molar-refractivity contribution < 1.29 is 14.7 Å². The smallest absolute Gasteiger partial charge is 0.321 e. The first kappa shape index (κ1) is 13.5. The molecule has 6 nitrogen and oxygen atoms in total. The van der Waals surface area contributed by atoms with Gasteiger partial charge in [-0.1, -0.05) is 12.1 Å². The van der Waals surface area contributed by atoms with Gasteiger partial charge in [0.2, 0.25) is 5.91 Å². The molecule has 1 aromatic carbocycles. The van der Waals surface area contributed by atoms with E-state index in [-0.39, 0.29) is 12.5 Å². The standard InChI is InChI=1S/C13H17N3O3/c14-10(13(18)19)7-15-4-3-8-1-2-11-9(5-8)6-12(17)16-11/h1-2,5,10,15H,3-4,6-7,14H2,(H,16,17)(H,18,19). The van der Waals surface area contributed by atoms with Gasteiger partial charge in [0.1, 0.15) is 6.04 Å². The van der Waals surface area contributed by atoms with Crippen LogP contribution in [0.2, 0.25) is 0 Å². The van der Waals surface area contributed by atoms with E-state index in [1.54, 1.807) is 0 Å². The Bertz CT molecular complexity index is 502. The number of aliphatic carboxylic acids is 1. The Labute approximate surface area is 111 Å². The highest BCUT2D eigenvalue weighted by Crippen LogP contribution is 2.23. The number of hydrogen-bond acceptors (Lipinski definition) is 4. The molecule has 102 valence electrons. The predicted octanol–water partition coefficient (Wildman–Crippen LogP) is -0.275. The van der Waals surface area contributed by atoms with Crippen LogP contribution >= 0.6 is 0 Å². The zero-order valence-electron chi connectivity index (χ0n) is 10.5. The van der Waals surface area contributed by atoms with Crippen LogP contribution in [0.1, 0.15) is 11.1 Å². The van der Waals surface area contributed by atoms with Crippen molar-refractivity contribution in [2.75, 3.05) is 18.4 Å². The fourth-order valence-electron chi connectivity index (χ4n) is 2.02. The monoisotopic (exact) mass is 263 g/mol. The van der Waals surface area contributed by atoms with Crippen molar-refractivity contribution in [1.29, 1.82) is 0 Å². The molecule has 1 atom stereocenters. The van der Waals surface area contributed by atoms with Gasteiger partial charge >= 0.3 is 5.97 Å². The summed E-state index contributed by atoms with van der Waals surface area (Å²) in [6, 6.07) is 5.00. The summed E-state index contributed by atoms with van der Waals surface area (Å²) in [6.07, 6.45) is 1.20. The maximum absolute atomic E-state index is 11.2. The summed E-state index contributed by atoms with van der Waals surface area (Å²) in [5, 5.41) is 14.4. The minimum atomic E-state index is -1.00. The highest BCUT2D eigenvalue weighted by molar-refractivity contribution is 5.99. The zero-order valence-corrected chi connectivity index (χ0v) is 10.5. The van der Waals surface area contributed by atoms with Crippen LogP contribution in [-0.2, 0) is 22.4 Å². The van der Waals surface area contributed by atoms with Gasteiger partial charge in [0.05, 0.1) is 6.42 Å². The average Bonchev–Trinajstić information content (AvgIpc) is 2.73. The molecule has 0 saturated heterocycles. The van der Waals surface area contributed by atoms with E-state index in [0.29, 0.717) is 13.0 Å². The molecule has 6 heteroatoms. The van der Waals surface area contributed by atoms with Gasteiger partial charge in [-0.25, -0.2) is 0 Å². The summed E-state index contributed by atoms with van der Waals surface area (Å²) < 4.78 is 0. The lowest BCUT2D eigenvalue weighted by molar-refractivity contribution is -0.138. The molecule has 19 heavy (non-hydrogen) atoms. The van der Waals surface area contributed by atoms with Crippen molar-refractivity contribution in [3.05, 3.63) is 29.3 Å². The SMILES string of the molecule is NC(CNCCc1ccc2c(c1)CC(=O)N2)C(=O)O. The largest absolute Gasteiger partial charge is 0.480 e. The Hall–Kier alpha value is -1.92. The van der Waals surface area contributed by atoms with E-state index in [0.717, 1.165) is 23.2 Å². The van der Waals surface area contributed by atoms with Gasteiger partial charge < -0.3 is 21.5 Å². The van der Waals surface area contributed by atoms with Crippen molar-refractivity contribution in [2.24, 2.45) is 5.73 Å². The van der Waals surface area contributed by atoms with Gasteiger partial charge in [0, 0.05) is 12.2 Å². The third kappa shape index (κ3) is 3.52. The average molecular weight is 263 g/mol. The molecule has 1 amide bonds. The molecule has 0 aromatic heterocycles. The Kier molecular flexibility index (Phi) is 4.13. The highest BCUT2D eigenvalue weighted by Gasteiger charge is 2.17. The minimum Gasteiger partial charge on any atom is -0.480 e. The minimum absolute atomic E-state index is 0.0257. The van der Waals surface area contributed by atoms with Crippen LogP contribution in [0.4, 0.5) is 5.69 Å². The fourth-order valence-corrected chi connectivity index (χ4v) is 2.02. The molecule has 1 heterocycles. The summed E-state index contributed by atoms with van der Waals surface area (Å²) in [7, 11) is 0. The van der Waals surface area contributed by atoms with Gasteiger partial charge in [0.15, 0.2) is 0 Å². The maximum Gasteiger partial charge on any atom is 0.321 e. The number of amides is 1. The van der Waals surface area contributed by atoms with Crippen molar-refractivity contribution >= 4 is 17.6 Å². The first-order chi connectivity index (χ1) is 9.06. The number of carbonyl (C=O) groups is 2. The van der Waals surface area contributed by atoms with E-state index in [9.17, 15) is 9.59 Å². The molecule has 5 N–H and O–H groups in total. The van der Waals surface area contributed by atoms with Gasteiger partial charge in [-0.05, 0) is 30.2 Å². The van der Waals surface area contributed by atoms with E-state index in [1.807, 2.05) is 18.2 Å². The number of carboxylic acid groups (broad SMARTS) is 1. The topological polar surface area (TPSA) is 104 Å². The van der Waals surface area contributed by atoms with Gasteiger partial charge in [-0.15, -0.1) is 0 Å². The van der Waals surface area contributed by atoms with Gasteiger partial charge in [-0.3, -0.25) is 9.59 Å². The van der Waals surface area contributed by atoms with E-state index >= 15 is 0 Å². The van der Waals surface area contributed by atoms with Gasteiger partial charge in [-0.2, -0.15) is 0 Å². The molecule has 1 unspecified atom stereocenters. The van der Waals surface area contributed by atoms with Crippen LogP contribution in [0.5, 0.6) is 0 Å². The number of anilines is 1. The molecule has 0 fully saturated rings. The van der Waals surface area contributed by atoms with Crippen molar-refractivity contribution in [2.45, 2.75) is 18.9 Å². The summed E-state index contributed by atoms with van der Waals surface area (Å²) in [4.78, 5) is 21.7. The van der Waals surface area contributed by atoms with Crippen LogP contribution in [-0.4, -0.2) is 36.1 Å². The van der Waals surface area contributed by atoms with Crippen LogP contribution in [0.3, 0.4) is 0 Å². The summed E-state index contributed by atoms with van der Waals surface area (Å²) in [5.74, 6) is -0.979. The molecular formula is C13H17N3O3. The molecule has 1 aliphatic rings. The van der Waals surface area contributed by atoms with Gasteiger partial charge in [0.25, 0.3) is 0 Å². The number of hydrogen-bond donors (Lipinski definition) is 4. The van der Waals surface area contributed by atoms with Crippen molar-refractivity contribution in [3.63, 3.8) is 0 Å². The van der Waals surface area contributed by atoms with Crippen LogP contribution in [0.15, 0.2) is 18.2 Å². The van der Waals surface area contributed by atoms with Crippen molar-refractivity contribution in [1.82, 2.24) is 5.32 Å². The molecular weight excluding hydrogens is 246 g/mol. The molecule has 2 rings (SSSR count). The summed E-state index contributed by atoms with van der Waals surface area (Å²) in [6.45, 7) is 0.904. The van der Waals surface area contributed by atoms with Crippen LogP contribution in [0.25, 0.3) is 0 Å². The second-order valence-electron chi connectivity index (χ2n) is 4.62. The maximum atomic E-state index is 11.2. The summed E-state index contributed by atoms with van der Waals surface area (Å²) >= 11 is 0. The lowest BCUT2D eigenvalue weighted by Gasteiger charge is -2.09. The van der Waals surface area contributed by atoms with E-state index in [1.165, 1.54) is 0 Å². The number of benzene rings is 1. The summed E-state index contributed by atoms with van der Waals surface area (Å²) in [5.41, 5.74) is 8.40. The molecule has 0 radical (unpaired) electrons. The molecule has 1 aliphatic heterocycles. The molecule has 0 spiro atoms. The Morgan fingerprint density at radius 3 is 3.05 bits per heavy atom. The fraction of sp³-hybridized carbons (Fsp3) is 0.385. The number of fused-ring (bicyclic) bond motifs is 1. The number of nitrogens with two attached hydrogens (primary N) is 1. The lowest BCUT2D eigenvalue weighted by Crippen LogP contribution is -2.40. The Morgan fingerprint density at radius 2 is 2.32 bits per heavy atom. The molecule has 0 bridgehead atoms. The van der Waals surface area contributed by atoms with Crippen LogP contribution in [0, 0.1) is 0 Å². The number of carbonyl (C=O) groups excluding carboxylic acids is 1. The second-order valence-corrected chi connectivity index (χ2v) is 4.62. The first-order valence-electron chi connectivity index (χ1n) is 6.17. The molecule has 0 saturated carbocycles. The van der Waals surface area contributed by atoms with Crippen molar-refractivity contribution in [3.8, 4) is 0 Å². The zero-order chi connectivity index (χ0) is 13.8. The predicted molar refractivity (Wildman–Crippen MR) is 71.0 cm³/mol. The normalized spacial score (nSPS) is 14.9. The highest BCUT2D eigenvalue weighted by atomic mass is 16.4. The Morgan fingerprint density at radius 1 is 1.53 bits per heavy atom. The number of nitrogens with one attached hydrogen (secondary N) is 2. The number of rotatable bonds is 6. The van der Waals surface area contributed by atoms with E-state index < -0.39 is 12.0 Å².